The molecule has 0 atom stereocenters. The zero-order valence-corrected chi connectivity index (χ0v) is 9.59. The van der Waals surface area contributed by atoms with Crippen LogP contribution in [0.1, 0.15) is 12.5 Å². The Morgan fingerprint density at radius 3 is 2.76 bits per heavy atom. The zero-order valence-electron chi connectivity index (χ0n) is 9.59. The Morgan fingerprint density at radius 2 is 2.18 bits per heavy atom. The summed E-state index contributed by atoms with van der Waals surface area (Å²) in [5.74, 6) is -2.28. The van der Waals surface area contributed by atoms with Crippen LogP contribution in [0, 0.1) is 11.6 Å². The first-order chi connectivity index (χ1) is 8.04. The second-order valence-electron chi connectivity index (χ2n) is 3.36. The van der Waals surface area contributed by atoms with E-state index in [-0.39, 0.29) is 11.7 Å². The molecule has 0 unspecified atom stereocenters. The maximum Gasteiger partial charge on any atom is 0.217 e. The van der Waals surface area contributed by atoms with Gasteiger partial charge < -0.3 is 10.1 Å². The largest absolute Gasteiger partial charge is 0.494 e. The number of carbonyl (C=O) groups excluding carboxylic acids is 1. The van der Waals surface area contributed by atoms with Crippen molar-refractivity contribution in [1.82, 2.24) is 5.32 Å². The second-order valence-corrected chi connectivity index (χ2v) is 3.36. The van der Waals surface area contributed by atoms with Crippen LogP contribution in [0.3, 0.4) is 0 Å². The fraction of sp³-hybridized carbons (Fsp3) is 0.250. The monoisotopic (exact) mass is 241 g/mol. The molecule has 1 aromatic rings. The van der Waals surface area contributed by atoms with Gasteiger partial charge in [0.2, 0.25) is 11.7 Å². The van der Waals surface area contributed by atoms with Crippen LogP contribution < -0.4 is 10.1 Å². The molecule has 0 saturated carbocycles. The molecule has 1 N–H and O–H groups in total. The topological polar surface area (TPSA) is 38.3 Å². The predicted octanol–water partition coefficient (Wildman–Crippen LogP) is 2.12. The van der Waals surface area contributed by atoms with Gasteiger partial charge in [0.05, 0.1) is 7.11 Å². The molecule has 1 aromatic carbocycles. The third kappa shape index (κ3) is 3.86. The number of benzene rings is 1. The van der Waals surface area contributed by atoms with E-state index in [2.05, 4.69) is 5.32 Å². The first-order valence-corrected chi connectivity index (χ1v) is 4.98. The van der Waals surface area contributed by atoms with Gasteiger partial charge in [-0.1, -0.05) is 12.2 Å². The molecular weight excluding hydrogens is 228 g/mol. The first-order valence-electron chi connectivity index (χ1n) is 4.98. The number of amides is 1. The van der Waals surface area contributed by atoms with E-state index in [9.17, 15) is 13.6 Å². The molecule has 0 fully saturated rings. The van der Waals surface area contributed by atoms with E-state index in [0.29, 0.717) is 12.1 Å². The third-order valence-electron chi connectivity index (χ3n) is 2.02. The van der Waals surface area contributed by atoms with E-state index >= 15 is 0 Å². The molecule has 0 radical (unpaired) electrons. The van der Waals surface area contributed by atoms with Crippen molar-refractivity contribution in [2.24, 2.45) is 0 Å². The SMILES string of the molecule is COc1cc(C=CCNC(C)=O)cc(F)c1F. The predicted molar refractivity (Wildman–Crippen MR) is 60.6 cm³/mol. The Hall–Kier alpha value is -1.91. The van der Waals surface area contributed by atoms with Crippen molar-refractivity contribution in [1.29, 1.82) is 0 Å². The van der Waals surface area contributed by atoms with Gasteiger partial charge >= 0.3 is 0 Å². The third-order valence-corrected chi connectivity index (χ3v) is 2.02. The summed E-state index contributed by atoms with van der Waals surface area (Å²) in [6, 6.07) is 2.44. The highest BCUT2D eigenvalue weighted by molar-refractivity contribution is 5.73. The average Bonchev–Trinajstić information content (AvgIpc) is 2.28. The molecule has 0 bridgehead atoms. The highest BCUT2D eigenvalue weighted by atomic mass is 19.2. The molecule has 0 aromatic heterocycles. The number of rotatable bonds is 4. The van der Waals surface area contributed by atoms with Gasteiger partial charge in [0.1, 0.15) is 0 Å². The summed E-state index contributed by atoms with van der Waals surface area (Å²) in [5, 5.41) is 2.55. The van der Waals surface area contributed by atoms with Gasteiger partial charge in [-0.2, -0.15) is 4.39 Å². The summed E-state index contributed by atoms with van der Waals surface area (Å²) in [7, 11) is 1.27. The Kier molecular flexibility index (Phi) is 4.63. The van der Waals surface area contributed by atoms with Crippen LogP contribution in [-0.2, 0) is 4.79 Å². The highest BCUT2D eigenvalue weighted by Crippen LogP contribution is 2.22. The number of carbonyl (C=O) groups is 1. The normalized spacial score (nSPS) is 10.6. The summed E-state index contributed by atoms with van der Waals surface area (Å²) in [5.41, 5.74) is 0.464. The number of hydrogen-bond acceptors (Lipinski definition) is 2. The lowest BCUT2D eigenvalue weighted by molar-refractivity contribution is -0.118. The van der Waals surface area contributed by atoms with Gasteiger partial charge in [0, 0.05) is 13.5 Å². The van der Waals surface area contributed by atoms with Gasteiger partial charge in [-0.15, -0.1) is 0 Å². The molecule has 0 aliphatic carbocycles. The van der Waals surface area contributed by atoms with Crippen LogP contribution in [0.4, 0.5) is 8.78 Å². The van der Waals surface area contributed by atoms with Crippen molar-refractivity contribution in [2.45, 2.75) is 6.92 Å². The molecule has 0 spiro atoms. The maximum absolute atomic E-state index is 13.1. The summed E-state index contributed by atoms with van der Waals surface area (Å²) in [6.45, 7) is 1.73. The van der Waals surface area contributed by atoms with Gasteiger partial charge in [-0.05, 0) is 17.7 Å². The summed E-state index contributed by atoms with van der Waals surface area (Å²) in [4.78, 5) is 10.6. The first kappa shape index (κ1) is 13.2. The van der Waals surface area contributed by atoms with Crippen LogP contribution in [0.2, 0.25) is 0 Å². The minimum absolute atomic E-state index is 0.149. The van der Waals surface area contributed by atoms with Crippen LogP contribution in [0.25, 0.3) is 6.08 Å². The van der Waals surface area contributed by atoms with E-state index in [1.54, 1.807) is 12.2 Å². The van der Waals surface area contributed by atoms with Crippen molar-refractivity contribution >= 4 is 12.0 Å². The number of halogens is 2. The highest BCUT2D eigenvalue weighted by Gasteiger charge is 2.09. The number of nitrogens with one attached hydrogen (secondary N) is 1. The van der Waals surface area contributed by atoms with Crippen molar-refractivity contribution in [2.75, 3.05) is 13.7 Å². The van der Waals surface area contributed by atoms with Gasteiger partial charge in [-0.3, -0.25) is 4.79 Å². The number of ether oxygens (including phenoxy) is 1. The summed E-state index contributed by atoms with van der Waals surface area (Å²) < 4.78 is 30.9. The van der Waals surface area contributed by atoms with Crippen molar-refractivity contribution in [3.05, 3.63) is 35.4 Å². The Morgan fingerprint density at radius 1 is 1.47 bits per heavy atom. The van der Waals surface area contributed by atoms with Crippen molar-refractivity contribution in [3.8, 4) is 5.75 Å². The Bertz CT molecular complexity index is 444. The molecule has 0 heterocycles. The van der Waals surface area contributed by atoms with Gasteiger partial charge in [0.15, 0.2) is 11.6 Å². The fourth-order valence-corrected chi connectivity index (χ4v) is 1.23. The van der Waals surface area contributed by atoms with E-state index in [1.807, 2.05) is 0 Å². The van der Waals surface area contributed by atoms with E-state index < -0.39 is 11.6 Å². The minimum atomic E-state index is -1.01. The Balaban J connectivity index is 2.78. The van der Waals surface area contributed by atoms with Crippen molar-refractivity contribution < 1.29 is 18.3 Å². The van der Waals surface area contributed by atoms with Crippen LogP contribution in [0.15, 0.2) is 18.2 Å². The molecule has 5 heteroatoms. The van der Waals surface area contributed by atoms with Gasteiger partial charge in [0.25, 0.3) is 0 Å². The average molecular weight is 241 g/mol. The second kappa shape index (κ2) is 5.98. The molecule has 17 heavy (non-hydrogen) atoms. The molecule has 92 valence electrons. The van der Waals surface area contributed by atoms with Gasteiger partial charge in [-0.25, -0.2) is 4.39 Å². The van der Waals surface area contributed by atoms with Crippen molar-refractivity contribution in [3.63, 3.8) is 0 Å². The molecule has 0 aliphatic rings. The molecule has 0 aliphatic heterocycles. The summed E-state index contributed by atoms with van der Waals surface area (Å²) in [6.07, 6.45) is 3.20. The lowest BCUT2D eigenvalue weighted by atomic mass is 10.2. The number of hydrogen-bond donors (Lipinski definition) is 1. The quantitative estimate of drug-likeness (QED) is 0.876. The smallest absolute Gasteiger partial charge is 0.217 e. The molecule has 1 amide bonds. The molecular formula is C12H13F2NO2. The maximum atomic E-state index is 13.1. The fourth-order valence-electron chi connectivity index (χ4n) is 1.23. The standard InChI is InChI=1S/C12H13F2NO2/c1-8(16)15-5-3-4-9-6-10(13)12(14)11(7-9)17-2/h3-4,6-7H,5H2,1-2H3,(H,15,16). The lowest BCUT2D eigenvalue weighted by Gasteiger charge is -2.04. The minimum Gasteiger partial charge on any atom is -0.494 e. The van der Waals surface area contributed by atoms with E-state index in [1.165, 1.54) is 20.1 Å². The van der Waals surface area contributed by atoms with E-state index in [0.717, 1.165) is 6.07 Å². The summed E-state index contributed by atoms with van der Waals surface area (Å²) >= 11 is 0. The van der Waals surface area contributed by atoms with Crippen LogP contribution >= 0.6 is 0 Å². The molecule has 0 saturated heterocycles. The van der Waals surface area contributed by atoms with E-state index in [4.69, 9.17) is 4.74 Å². The lowest BCUT2D eigenvalue weighted by Crippen LogP contribution is -2.19. The Labute approximate surface area is 98.1 Å². The molecule has 1 rings (SSSR count). The number of methoxy groups -OCH3 is 1. The van der Waals surface area contributed by atoms with Crippen LogP contribution in [-0.4, -0.2) is 19.6 Å². The molecule has 3 nitrogen and oxygen atoms in total. The van der Waals surface area contributed by atoms with Crippen LogP contribution in [0.5, 0.6) is 5.75 Å². The zero-order chi connectivity index (χ0) is 12.8.